The predicted octanol–water partition coefficient (Wildman–Crippen LogP) is 2.21. The number of amides is 2. The molecule has 1 atom stereocenters. The van der Waals surface area contributed by atoms with Gasteiger partial charge in [0.05, 0.1) is 14.2 Å². The first-order valence-corrected chi connectivity index (χ1v) is 9.77. The van der Waals surface area contributed by atoms with Crippen LogP contribution in [-0.4, -0.2) is 48.6 Å². The van der Waals surface area contributed by atoms with Crippen molar-refractivity contribution >= 4 is 11.8 Å². The van der Waals surface area contributed by atoms with Gasteiger partial charge < -0.3 is 24.3 Å². The molecule has 7 heteroatoms. The highest BCUT2D eigenvalue weighted by Gasteiger charge is 2.34. The van der Waals surface area contributed by atoms with Crippen LogP contribution in [0.5, 0.6) is 11.5 Å². The quantitative estimate of drug-likeness (QED) is 0.808. The Bertz CT molecular complexity index is 900. The van der Waals surface area contributed by atoms with Crippen LogP contribution in [-0.2, 0) is 29.1 Å². The second-order valence-electron chi connectivity index (χ2n) is 7.35. The smallest absolute Gasteiger partial charge is 0.242 e. The average Bonchev–Trinajstić information content (AvgIpc) is 3.06. The summed E-state index contributed by atoms with van der Waals surface area (Å²) in [4.78, 5) is 27.3. The number of carbonyl (C=O) groups is 2. The number of ether oxygens (including phenoxy) is 2. The first-order valence-electron chi connectivity index (χ1n) is 9.77. The average molecular weight is 399 g/mol. The summed E-state index contributed by atoms with van der Waals surface area (Å²) in [5.74, 6) is 1.05. The van der Waals surface area contributed by atoms with Gasteiger partial charge in [0.15, 0.2) is 11.5 Å². The molecule has 156 valence electrons. The summed E-state index contributed by atoms with van der Waals surface area (Å²) in [5, 5.41) is 2.70. The Morgan fingerprint density at radius 1 is 1.07 bits per heavy atom. The number of hydrogen-bond donors (Lipinski definition) is 1. The minimum absolute atomic E-state index is 0.0356. The minimum Gasteiger partial charge on any atom is -0.493 e. The van der Waals surface area contributed by atoms with Crippen LogP contribution in [0.3, 0.4) is 0 Å². The third-order valence-electron chi connectivity index (χ3n) is 5.67. The maximum absolute atomic E-state index is 13.1. The molecule has 3 rings (SSSR count). The van der Waals surface area contributed by atoms with Gasteiger partial charge in [-0.3, -0.25) is 9.59 Å². The first-order chi connectivity index (χ1) is 13.9. The number of benzene rings is 1. The molecular weight excluding hydrogens is 370 g/mol. The molecule has 0 unspecified atom stereocenters. The molecule has 2 amide bonds. The van der Waals surface area contributed by atoms with E-state index in [-0.39, 0.29) is 11.8 Å². The van der Waals surface area contributed by atoms with Gasteiger partial charge in [0.1, 0.15) is 6.04 Å². The molecule has 0 fully saturated rings. The summed E-state index contributed by atoms with van der Waals surface area (Å²) in [5.41, 5.74) is 4.22. The standard InChI is InChI=1S/C22H29N3O4/c1-14-6-7-15(2)24(14)9-8-21(26)25-13-17-12-20(29-5)19(28-4)11-16(17)10-18(25)22(27)23-3/h6-7,11-12,18H,8-10,13H2,1-5H3,(H,23,27)/t18-/m0/s1. The van der Waals surface area contributed by atoms with Crippen molar-refractivity contribution in [2.75, 3.05) is 21.3 Å². The van der Waals surface area contributed by atoms with Crippen LogP contribution >= 0.6 is 0 Å². The lowest BCUT2D eigenvalue weighted by atomic mass is 9.92. The third-order valence-corrected chi connectivity index (χ3v) is 5.67. The first kappa shape index (κ1) is 20.8. The summed E-state index contributed by atoms with van der Waals surface area (Å²) in [6.07, 6.45) is 0.787. The molecular formula is C22H29N3O4. The van der Waals surface area contributed by atoms with Crippen LogP contribution in [0.4, 0.5) is 0 Å². The number of methoxy groups -OCH3 is 2. The molecule has 0 radical (unpaired) electrons. The van der Waals surface area contributed by atoms with Gasteiger partial charge in [0, 0.05) is 44.4 Å². The van der Waals surface area contributed by atoms with Crippen LogP contribution in [0.25, 0.3) is 0 Å². The molecule has 7 nitrogen and oxygen atoms in total. The van der Waals surface area contributed by atoms with Crippen molar-refractivity contribution in [1.29, 1.82) is 0 Å². The van der Waals surface area contributed by atoms with E-state index in [0.29, 0.717) is 37.4 Å². The van der Waals surface area contributed by atoms with Crippen molar-refractivity contribution in [1.82, 2.24) is 14.8 Å². The Morgan fingerprint density at radius 3 is 2.21 bits per heavy atom. The fourth-order valence-electron chi connectivity index (χ4n) is 3.98. The zero-order valence-corrected chi connectivity index (χ0v) is 17.7. The highest BCUT2D eigenvalue weighted by Crippen LogP contribution is 2.35. The van der Waals surface area contributed by atoms with E-state index in [1.54, 1.807) is 26.2 Å². The normalized spacial score (nSPS) is 15.6. The van der Waals surface area contributed by atoms with E-state index in [1.165, 1.54) is 0 Å². The van der Waals surface area contributed by atoms with E-state index in [1.807, 2.05) is 38.1 Å². The van der Waals surface area contributed by atoms with Gasteiger partial charge in [-0.05, 0) is 49.2 Å². The lowest BCUT2D eigenvalue weighted by Crippen LogP contribution is -2.52. The van der Waals surface area contributed by atoms with Crippen LogP contribution < -0.4 is 14.8 Å². The number of likely N-dealkylation sites (N-methyl/N-ethyl adjacent to an activating group) is 1. The summed E-state index contributed by atoms with van der Waals surface area (Å²) < 4.78 is 12.9. The highest BCUT2D eigenvalue weighted by molar-refractivity contribution is 5.88. The van der Waals surface area contributed by atoms with Gasteiger partial charge in [-0.25, -0.2) is 0 Å². The van der Waals surface area contributed by atoms with E-state index in [0.717, 1.165) is 22.5 Å². The van der Waals surface area contributed by atoms with E-state index >= 15 is 0 Å². The Labute approximate surface area is 171 Å². The van der Waals surface area contributed by atoms with Gasteiger partial charge in [-0.15, -0.1) is 0 Å². The number of aromatic nitrogens is 1. The second-order valence-corrected chi connectivity index (χ2v) is 7.35. The Balaban J connectivity index is 1.86. The third kappa shape index (κ3) is 4.09. The fourth-order valence-corrected chi connectivity index (χ4v) is 3.98. The topological polar surface area (TPSA) is 72.8 Å². The largest absolute Gasteiger partial charge is 0.493 e. The molecule has 2 heterocycles. The lowest BCUT2D eigenvalue weighted by molar-refractivity contribution is -0.141. The van der Waals surface area contributed by atoms with Crippen LogP contribution in [0, 0.1) is 13.8 Å². The maximum Gasteiger partial charge on any atom is 0.242 e. The Morgan fingerprint density at radius 2 is 1.66 bits per heavy atom. The number of carbonyl (C=O) groups excluding carboxylic acids is 2. The number of nitrogens with one attached hydrogen (secondary N) is 1. The molecule has 0 saturated heterocycles. The second kappa shape index (κ2) is 8.59. The van der Waals surface area contributed by atoms with E-state index in [2.05, 4.69) is 9.88 Å². The molecule has 1 N–H and O–H groups in total. The number of hydrogen-bond acceptors (Lipinski definition) is 4. The molecule has 0 saturated carbocycles. The lowest BCUT2D eigenvalue weighted by Gasteiger charge is -2.36. The van der Waals surface area contributed by atoms with Crippen molar-refractivity contribution in [3.63, 3.8) is 0 Å². The van der Waals surface area contributed by atoms with Gasteiger partial charge in [-0.1, -0.05) is 0 Å². The van der Waals surface area contributed by atoms with E-state index in [9.17, 15) is 9.59 Å². The summed E-state index contributed by atoms with van der Waals surface area (Å²) >= 11 is 0. The monoisotopic (exact) mass is 399 g/mol. The zero-order valence-electron chi connectivity index (χ0n) is 17.7. The van der Waals surface area contributed by atoms with Crippen molar-refractivity contribution in [3.05, 3.63) is 46.8 Å². The summed E-state index contributed by atoms with van der Waals surface area (Å²) in [7, 11) is 4.77. The van der Waals surface area contributed by atoms with Crippen molar-refractivity contribution in [2.45, 2.75) is 45.8 Å². The van der Waals surface area contributed by atoms with Crippen LogP contribution in [0.2, 0.25) is 0 Å². The molecule has 2 aromatic rings. The van der Waals surface area contributed by atoms with Gasteiger partial charge in [-0.2, -0.15) is 0 Å². The fraction of sp³-hybridized carbons (Fsp3) is 0.455. The van der Waals surface area contributed by atoms with Gasteiger partial charge in [0.2, 0.25) is 11.8 Å². The SMILES string of the molecule is CNC(=O)[C@@H]1Cc2cc(OC)c(OC)cc2CN1C(=O)CCn1c(C)ccc1C. The number of fused-ring (bicyclic) bond motifs is 1. The van der Waals surface area contributed by atoms with Gasteiger partial charge in [0.25, 0.3) is 0 Å². The highest BCUT2D eigenvalue weighted by atomic mass is 16.5. The predicted molar refractivity (Wildman–Crippen MR) is 110 cm³/mol. The zero-order chi connectivity index (χ0) is 21.1. The van der Waals surface area contributed by atoms with Crippen LogP contribution in [0.15, 0.2) is 24.3 Å². The summed E-state index contributed by atoms with van der Waals surface area (Å²) in [6.45, 7) is 5.03. The minimum atomic E-state index is -0.537. The number of nitrogens with zero attached hydrogens (tertiary/aromatic N) is 2. The molecule has 0 spiro atoms. The van der Waals surface area contributed by atoms with Crippen molar-refractivity contribution in [3.8, 4) is 11.5 Å². The van der Waals surface area contributed by atoms with E-state index < -0.39 is 6.04 Å². The molecule has 1 aromatic heterocycles. The van der Waals surface area contributed by atoms with Gasteiger partial charge >= 0.3 is 0 Å². The summed E-state index contributed by atoms with van der Waals surface area (Å²) in [6, 6.07) is 7.35. The number of rotatable bonds is 6. The van der Waals surface area contributed by atoms with Crippen molar-refractivity contribution < 1.29 is 19.1 Å². The van der Waals surface area contributed by atoms with Crippen molar-refractivity contribution in [2.24, 2.45) is 0 Å². The molecule has 1 aliphatic rings. The van der Waals surface area contributed by atoms with Crippen LogP contribution in [0.1, 0.15) is 28.9 Å². The van der Waals surface area contributed by atoms with E-state index in [4.69, 9.17) is 9.47 Å². The maximum atomic E-state index is 13.1. The Kier molecular flexibility index (Phi) is 6.15. The Hall–Kier alpha value is -2.96. The molecule has 0 bridgehead atoms. The molecule has 1 aromatic carbocycles. The molecule has 29 heavy (non-hydrogen) atoms. The molecule has 0 aliphatic carbocycles. The number of aryl methyl sites for hydroxylation is 2. The molecule has 1 aliphatic heterocycles.